The zero-order chi connectivity index (χ0) is 12.3. The SMILES string of the molecule is COc1ccc(CC(CN)C2CC2)cc1OC. The van der Waals surface area contributed by atoms with Crippen LogP contribution in [0, 0.1) is 11.8 Å². The summed E-state index contributed by atoms with van der Waals surface area (Å²) in [6.45, 7) is 0.777. The number of hydrogen-bond acceptors (Lipinski definition) is 3. The number of rotatable bonds is 6. The maximum atomic E-state index is 5.83. The molecule has 1 atom stereocenters. The smallest absolute Gasteiger partial charge is 0.160 e. The zero-order valence-corrected chi connectivity index (χ0v) is 10.6. The molecule has 94 valence electrons. The molecule has 0 amide bonds. The van der Waals surface area contributed by atoms with Gasteiger partial charge in [-0.1, -0.05) is 6.07 Å². The summed E-state index contributed by atoms with van der Waals surface area (Å²) < 4.78 is 10.5. The molecule has 0 saturated heterocycles. The van der Waals surface area contributed by atoms with Gasteiger partial charge in [0.15, 0.2) is 11.5 Å². The first-order valence-electron chi connectivity index (χ1n) is 6.19. The first-order valence-corrected chi connectivity index (χ1v) is 6.19. The van der Waals surface area contributed by atoms with Gasteiger partial charge in [0.2, 0.25) is 0 Å². The van der Waals surface area contributed by atoms with Crippen LogP contribution in [0.2, 0.25) is 0 Å². The maximum Gasteiger partial charge on any atom is 0.160 e. The van der Waals surface area contributed by atoms with Gasteiger partial charge in [-0.3, -0.25) is 0 Å². The second kappa shape index (κ2) is 5.41. The third kappa shape index (κ3) is 2.91. The van der Waals surface area contributed by atoms with Gasteiger partial charge >= 0.3 is 0 Å². The number of methoxy groups -OCH3 is 2. The van der Waals surface area contributed by atoms with E-state index in [-0.39, 0.29) is 0 Å². The fourth-order valence-electron chi connectivity index (χ4n) is 2.32. The summed E-state index contributed by atoms with van der Waals surface area (Å²) in [6.07, 6.45) is 3.73. The molecular formula is C14H21NO2. The molecule has 2 rings (SSSR count). The molecule has 0 aliphatic heterocycles. The van der Waals surface area contributed by atoms with Gasteiger partial charge in [-0.15, -0.1) is 0 Å². The van der Waals surface area contributed by atoms with Crippen LogP contribution < -0.4 is 15.2 Å². The van der Waals surface area contributed by atoms with Gasteiger partial charge < -0.3 is 15.2 Å². The van der Waals surface area contributed by atoms with Crippen molar-refractivity contribution in [3.8, 4) is 11.5 Å². The highest BCUT2D eigenvalue weighted by atomic mass is 16.5. The van der Waals surface area contributed by atoms with Crippen molar-refractivity contribution < 1.29 is 9.47 Å². The molecule has 0 aromatic heterocycles. The van der Waals surface area contributed by atoms with Gasteiger partial charge in [-0.05, 0) is 55.3 Å². The van der Waals surface area contributed by atoms with Crippen LogP contribution in [0.5, 0.6) is 11.5 Å². The lowest BCUT2D eigenvalue weighted by atomic mass is 9.95. The Morgan fingerprint density at radius 3 is 2.47 bits per heavy atom. The van der Waals surface area contributed by atoms with Crippen LogP contribution in [-0.4, -0.2) is 20.8 Å². The predicted molar refractivity (Wildman–Crippen MR) is 68.5 cm³/mol. The Kier molecular flexibility index (Phi) is 3.89. The average Bonchev–Trinajstić information content (AvgIpc) is 3.19. The third-order valence-electron chi connectivity index (χ3n) is 3.54. The monoisotopic (exact) mass is 235 g/mol. The molecule has 17 heavy (non-hydrogen) atoms. The molecule has 3 nitrogen and oxygen atoms in total. The summed E-state index contributed by atoms with van der Waals surface area (Å²) in [5, 5.41) is 0. The topological polar surface area (TPSA) is 44.5 Å². The van der Waals surface area contributed by atoms with E-state index < -0.39 is 0 Å². The summed E-state index contributed by atoms with van der Waals surface area (Å²) in [4.78, 5) is 0. The van der Waals surface area contributed by atoms with Crippen molar-refractivity contribution in [1.82, 2.24) is 0 Å². The van der Waals surface area contributed by atoms with E-state index >= 15 is 0 Å². The first-order chi connectivity index (χ1) is 8.28. The van der Waals surface area contributed by atoms with Crippen molar-refractivity contribution in [2.45, 2.75) is 19.3 Å². The van der Waals surface area contributed by atoms with E-state index in [1.165, 1.54) is 18.4 Å². The summed E-state index contributed by atoms with van der Waals surface area (Å²) in [5.41, 5.74) is 7.11. The number of hydrogen-bond donors (Lipinski definition) is 1. The number of benzene rings is 1. The van der Waals surface area contributed by atoms with Crippen LogP contribution in [0.3, 0.4) is 0 Å². The quantitative estimate of drug-likeness (QED) is 0.822. The van der Waals surface area contributed by atoms with Crippen LogP contribution in [0.15, 0.2) is 18.2 Å². The molecule has 0 spiro atoms. The lowest BCUT2D eigenvalue weighted by Crippen LogP contribution is -2.18. The number of nitrogens with two attached hydrogens (primary N) is 1. The molecule has 1 saturated carbocycles. The van der Waals surface area contributed by atoms with Gasteiger partial charge in [0.1, 0.15) is 0 Å². The van der Waals surface area contributed by atoms with Crippen LogP contribution in [0.1, 0.15) is 18.4 Å². The van der Waals surface area contributed by atoms with Crippen LogP contribution in [0.25, 0.3) is 0 Å². The Bertz CT molecular complexity index is 374. The van der Waals surface area contributed by atoms with E-state index in [4.69, 9.17) is 15.2 Å². The Morgan fingerprint density at radius 2 is 1.94 bits per heavy atom. The van der Waals surface area contributed by atoms with Crippen molar-refractivity contribution in [2.75, 3.05) is 20.8 Å². The predicted octanol–water partition coefficient (Wildman–Crippen LogP) is 2.23. The summed E-state index contributed by atoms with van der Waals surface area (Å²) in [6, 6.07) is 6.13. The van der Waals surface area contributed by atoms with Crippen molar-refractivity contribution in [1.29, 1.82) is 0 Å². The first kappa shape index (κ1) is 12.2. The van der Waals surface area contributed by atoms with Gasteiger partial charge in [0.25, 0.3) is 0 Å². The number of ether oxygens (including phenoxy) is 2. The molecule has 1 aliphatic rings. The highest BCUT2D eigenvalue weighted by molar-refractivity contribution is 5.43. The summed E-state index contributed by atoms with van der Waals surface area (Å²) >= 11 is 0. The molecule has 1 aliphatic carbocycles. The minimum Gasteiger partial charge on any atom is -0.493 e. The Balaban J connectivity index is 2.09. The van der Waals surface area contributed by atoms with Gasteiger partial charge in [-0.25, -0.2) is 0 Å². The fourth-order valence-corrected chi connectivity index (χ4v) is 2.32. The third-order valence-corrected chi connectivity index (χ3v) is 3.54. The minimum absolute atomic E-state index is 0.619. The van der Waals surface area contributed by atoms with Gasteiger partial charge in [0, 0.05) is 0 Å². The van der Waals surface area contributed by atoms with Crippen molar-refractivity contribution in [3.63, 3.8) is 0 Å². The van der Waals surface area contributed by atoms with Gasteiger partial charge in [0.05, 0.1) is 14.2 Å². The normalized spacial score (nSPS) is 16.6. The second-order valence-corrected chi connectivity index (χ2v) is 4.73. The molecule has 1 fully saturated rings. The lowest BCUT2D eigenvalue weighted by molar-refractivity contribution is 0.354. The Morgan fingerprint density at radius 1 is 1.24 bits per heavy atom. The van der Waals surface area contributed by atoms with Crippen molar-refractivity contribution >= 4 is 0 Å². The van der Waals surface area contributed by atoms with E-state index in [2.05, 4.69) is 12.1 Å². The molecule has 0 heterocycles. The highest BCUT2D eigenvalue weighted by Crippen LogP contribution is 2.38. The standard InChI is InChI=1S/C14H21NO2/c1-16-13-6-3-10(8-14(13)17-2)7-12(9-15)11-4-5-11/h3,6,8,11-12H,4-5,7,9,15H2,1-2H3. The van der Waals surface area contributed by atoms with Crippen LogP contribution in [-0.2, 0) is 6.42 Å². The molecule has 1 unspecified atom stereocenters. The fraction of sp³-hybridized carbons (Fsp3) is 0.571. The Hall–Kier alpha value is -1.22. The summed E-state index contributed by atoms with van der Waals surface area (Å²) in [5.74, 6) is 3.05. The molecule has 1 aromatic carbocycles. The van der Waals surface area contributed by atoms with E-state index in [9.17, 15) is 0 Å². The van der Waals surface area contributed by atoms with Crippen molar-refractivity contribution in [3.05, 3.63) is 23.8 Å². The van der Waals surface area contributed by atoms with E-state index in [1.54, 1.807) is 14.2 Å². The summed E-state index contributed by atoms with van der Waals surface area (Å²) in [7, 11) is 3.33. The van der Waals surface area contributed by atoms with E-state index in [1.807, 2.05) is 6.07 Å². The van der Waals surface area contributed by atoms with Crippen LogP contribution in [0.4, 0.5) is 0 Å². The lowest BCUT2D eigenvalue weighted by Gasteiger charge is -2.15. The highest BCUT2D eigenvalue weighted by Gasteiger charge is 2.30. The second-order valence-electron chi connectivity index (χ2n) is 4.73. The molecule has 1 aromatic rings. The minimum atomic E-state index is 0.619. The van der Waals surface area contributed by atoms with E-state index in [0.29, 0.717) is 5.92 Å². The molecular weight excluding hydrogens is 214 g/mol. The molecule has 3 heteroatoms. The van der Waals surface area contributed by atoms with Gasteiger partial charge in [-0.2, -0.15) is 0 Å². The zero-order valence-electron chi connectivity index (χ0n) is 10.6. The molecule has 0 bridgehead atoms. The molecule has 0 radical (unpaired) electrons. The maximum absolute atomic E-state index is 5.83. The molecule has 2 N–H and O–H groups in total. The Labute approximate surface area is 103 Å². The largest absolute Gasteiger partial charge is 0.493 e. The van der Waals surface area contributed by atoms with E-state index in [0.717, 1.165) is 30.4 Å². The average molecular weight is 235 g/mol. The van der Waals surface area contributed by atoms with Crippen LogP contribution >= 0.6 is 0 Å². The van der Waals surface area contributed by atoms with Crippen molar-refractivity contribution in [2.24, 2.45) is 17.6 Å².